The molecule has 1 saturated heterocycles. The molecule has 94 valence electrons. The number of aryl methyl sites for hydroxylation is 1. The van der Waals surface area contributed by atoms with Crippen molar-refractivity contribution in [1.82, 2.24) is 9.78 Å². The fourth-order valence-electron chi connectivity index (χ4n) is 2.43. The average Bonchev–Trinajstić information content (AvgIpc) is 2.90. The molecule has 3 heteroatoms. The number of rotatable bonds is 2. The number of hydrogen-bond donors (Lipinski definition) is 0. The Hall–Kier alpha value is -1.61. The van der Waals surface area contributed by atoms with E-state index in [-0.39, 0.29) is 6.23 Å². The molecular weight excluding hydrogens is 224 g/mol. The normalized spacial score (nSPS) is 19.9. The van der Waals surface area contributed by atoms with Crippen LogP contribution in [0.15, 0.2) is 36.5 Å². The molecule has 2 aromatic rings. The molecule has 1 aliphatic heterocycles. The summed E-state index contributed by atoms with van der Waals surface area (Å²) in [5, 5.41) is 4.66. The zero-order chi connectivity index (χ0) is 12.4. The standard InChI is InChI=1S/C15H18N2O/c1-12-6-2-3-7-13(12)14-9-10-17(16-14)15-8-4-5-11-18-15/h2-3,6-7,9-10,15H,4-5,8,11H2,1H3. The third-order valence-corrected chi connectivity index (χ3v) is 3.48. The van der Waals surface area contributed by atoms with Crippen LogP contribution in [0.2, 0.25) is 0 Å². The highest BCUT2D eigenvalue weighted by atomic mass is 16.5. The third-order valence-electron chi connectivity index (χ3n) is 3.48. The highest BCUT2D eigenvalue weighted by Crippen LogP contribution is 2.25. The van der Waals surface area contributed by atoms with E-state index >= 15 is 0 Å². The Morgan fingerprint density at radius 3 is 2.89 bits per heavy atom. The summed E-state index contributed by atoms with van der Waals surface area (Å²) in [5.74, 6) is 0. The molecule has 18 heavy (non-hydrogen) atoms. The van der Waals surface area contributed by atoms with Gasteiger partial charge in [0.15, 0.2) is 0 Å². The lowest BCUT2D eigenvalue weighted by Gasteiger charge is -2.22. The molecule has 0 amide bonds. The lowest BCUT2D eigenvalue weighted by atomic mass is 10.1. The van der Waals surface area contributed by atoms with Crippen molar-refractivity contribution in [2.75, 3.05) is 6.61 Å². The summed E-state index contributed by atoms with van der Waals surface area (Å²) in [6.45, 7) is 2.97. The van der Waals surface area contributed by atoms with Crippen LogP contribution < -0.4 is 0 Å². The number of aromatic nitrogens is 2. The minimum Gasteiger partial charge on any atom is -0.357 e. The predicted molar refractivity (Wildman–Crippen MR) is 71.2 cm³/mol. The highest BCUT2D eigenvalue weighted by molar-refractivity contribution is 5.62. The molecule has 1 aromatic heterocycles. The highest BCUT2D eigenvalue weighted by Gasteiger charge is 2.16. The van der Waals surface area contributed by atoms with E-state index in [2.05, 4.69) is 42.4 Å². The van der Waals surface area contributed by atoms with E-state index in [9.17, 15) is 0 Å². The molecule has 1 unspecified atom stereocenters. The van der Waals surface area contributed by atoms with Crippen LogP contribution in [0.1, 0.15) is 31.1 Å². The van der Waals surface area contributed by atoms with Gasteiger partial charge < -0.3 is 4.74 Å². The van der Waals surface area contributed by atoms with Gasteiger partial charge in [-0.1, -0.05) is 24.3 Å². The average molecular weight is 242 g/mol. The number of ether oxygens (including phenoxy) is 1. The summed E-state index contributed by atoms with van der Waals surface area (Å²) in [7, 11) is 0. The first-order chi connectivity index (χ1) is 8.84. The first-order valence-electron chi connectivity index (χ1n) is 6.57. The van der Waals surface area contributed by atoms with E-state index in [4.69, 9.17) is 4.74 Å². The SMILES string of the molecule is Cc1ccccc1-c1ccn(C2CCCCO2)n1. The van der Waals surface area contributed by atoms with Crippen molar-refractivity contribution < 1.29 is 4.74 Å². The van der Waals surface area contributed by atoms with E-state index in [1.165, 1.54) is 24.0 Å². The van der Waals surface area contributed by atoms with Crippen LogP contribution in [-0.2, 0) is 4.74 Å². The van der Waals surface area contributed by atoms with Crippen molar-refractivity contribution in [1.29, 1.82) is 0 Å². The maximum atomic E-state index is 5.74. The molecule has 1 fully saturated rings. The minimum absolute atomic E-state index is 0.122. The van der Waals surface area contributed by atoms with Crippen LogP contribution >= 0.6 is 0 Å². The van der Waals surface area contributed by atoms with Gasteiger partial charge in [0.1, 0.15) is 6.23 Å². The van der Waals surface area contributed by atoms with E-state index in [0.29, 0.717) is 0 Å². The van der Waals surface area contributed by atoms with Crippen LogP contribution in [0.4, 0.5) is 0 Å². The van der Waals surface area contributed by atoms with Gasteiger partial charge in [-0.25, -0.2) is 4.68 Å². The van der Waals surface area contributed by atoms with Crippen molar-refractivity contribution in [2.45, 2.75) is 32.4 Å². The molecule has 1 atom stereocenters. The van der Waals surface area contributed by atoms with Crippen molar-refractivity contribution in [3.05, 3.63) is 42.1 Å². The molecule has 2 heterocycles. The second-order valence-corrected chi connectivity index (χ2v) is 4.82. The quantitative estimate of drug-likeness (QED) is 0.805. The number of hydrogen-bond acceptors (Lipinski definition) is 2. The molecular formula is C15H18N2O. The molecule has 0 spiro atoms. The Kier molecular flexibility index (Phi) is 3.15. The summed E-state index contributed by atoms with van der Waals surface area (Å²) >= 11 is 0. The largest absolute Gasteiger partial charge is 0.357 e. The molecule has 0 radical (unpaired) electrons. The molecule has 1 aliphatic rings. The maximum absolute atomic E-state index is 5.74. The van der Waals surface area contributed by atoms with Gasteiger partial charge in [0.2, 0.25) is 0 Å². The van der Waals surface area contributed by atoms with Gasteiger partial charge in [0.05, 0.1) is 5.69 Å². The van der Waals surface area contributed by atoms with E-state index in [1.807, 2.05) is 10.9 Å². The Balaban J connectivity index is 1.87. The van der Waals surface area contributed by atoms with Crippen LogP contribution in [-0.4, -0.2) is 16.4 Å². The van der Waals surface area contributed by atoms with Crippen molar-refractivity contribution in [3.8, 4) is 11.3 Å². The van der Waals surface area contributed by atoms with Gasteiger partial charge >= 0.3 is 0 Å². The van der Waals surface area contributed by atoms with Gasteiger partial charge in [0.25, 0.3) is 0 Å². The van der Waals surface area contributed by atoms with Gasteiger partial charge in [-0.05, 0) is 37.8 Å². The Bertz CT molecular complexity index is 527. The summed E-state index contributed by atoms with van der Waals surface area (Å²) < 4.78 is 7.70. The van der Waals surface area contributed by atoms with Gasteiger partial charge in [0, 0.05) is 18.4 Å². The Morgan fingerprint density at radius 2 is 2.11 bits per heavy atom. The Labute approximate surface area is 107 Å². The van der Waals surface area contributed by atoms with E-state index < -0.39 is 0 Å². The van der Waals surface area contributed by atoms with Gasteiger partial charge in [-0.2, -0.15) is 5.10 Å². The van der Waals surface area contributed by atoms with Crippen LogP contribution in [0, 0.1) is 6.92 Å². The maximum Gasteiger partial charge on any atom is 0.150 e. The van der Waals surface area contributed by atoms with Crippen molar-refractivity contribution in [3.63, 3.8) is 0 Å². The molecule has 3 rings (SSSR count). The molecule has 0 N–H and O–H groups in total. The third kappa shape index (κ3) is 2.18. The lowest BCUT2D eigenvalue weighted by molar-refractivity contribution is -0.0393. The number of benzene rings is 1. The molecule has 3 nitrogen and oxygen atoms in total. The predicted octanol–water partition coefficient (Wildman–Crippen LogP) is 3.56. The summed E-state index contributed by atoms with van der Waals surface area (Å²) in [5.41, 5.74) is 3.49. The Morgan fingerprint density at radius 1 is 1.22 bits per heavy atom. The van der Waals surface area contributed by atoms with Gasteiger partial charge in [-0.3, -0.25) is 0 Å². The molecule has 0 bridgehead atoms. The number of nitrogens with zero attached hydrogens (tertiary/aromatic N) is 2. The second kappa shape index (κ2) is 4.94. The monoisotopic (exact) mass is 242 g/mol. The van der Waals surface area contributed by atoms with Gasteiger partial charge in [-0.15, -0.1) is 0 Å². The minimum atomic E-state index is 0.122. The molecule has 0 saturated carbocycles. The smallest absolute Gasteiger partial charge is 0.150 e. The summed E-state index contributed by atoms with van der Waals surface area (Å²) in [4.78, 5) is 0. The zero-order valence-corrected chi connectivity index (χ0v) is 10.7. The van der Waals surface area contributed by atoms with Crippen molar-refractivity contribution in [2.24, 2.45) is 0 Å². The van der Waals surface area contributed by atoms with Crippen LogP contribution in [0.25, 0.3) is 11.3 Å². The topological polar surface area (TPSA) is 27.1 Å². The van der Waals surface area contributed by atoms with Crippen LogP contribution in [0.3, 0.4) is 0 Å². The van der Waals surface area contributed by atoms with Crippen LogP contribution in [0.5, 0.6) is 0 Å². The summed E-state index contributed by atoms with van der Waals surface area (Å²) in [6.07, 6.45) is 5.61. The molecule has 1 aromatic carbocycles. The molecule has 0 aliphatic carbocycles. The second-order valence-electron chi connectivity index (χ2n) is 4.82. The fraction of sp³-hybridized carbons (Fsp3) is 0.400. The zero-order valence-electron chi connectivity index (χ0n) is 10.7. The fourth-order valence-corrected chi connectivity index (χ4v) is 2.43. The first kappa shape index (κ1) is 11.5. The van der Waals surface area contributed by atoms with E-state index in [1.54, 1.807) is 0 Å². The summed E-state index contributed by atoms with van der Waals surface area (Å²) in [6, 6.07) is 10.4. The first-order valence-corrected chi connectivity index (χ1v) is 6.57. The van der Waals surface area contributed by atoms with Crippen molar-refractivity contribution >= 4 is 0 Å². The van der Waals surface area contributed by atoms with E-state index in [0.717, 1.165) is 18.7 Å². The lowest BCUT2D eigenvalue weighted by Crippen LogP contribution is -2.18.